The normalized spacial score (nSPS) is 11.1. The Morgan fingerprint density at radius 3 is 2.25 bits per heavy atom. The van der Waals surface area contributed by atoms with Crippen LogP contribution in [0.2, 0.25) is 0 Å². The van der Waals surface area contributed by atoms with Crippen molar-refractivity contribution < 1.29 is 27.5 Å². The number of hydrogen-bond donors (Lipinski definition) is 3. The molecule has 2 rings (SSSR count). The number of urea groups is 1. The van der Waals surface area contributed by atoms with Crippen molar-refractivity contribution in [1.82, 2.24) is 10.3 Å². The fraction of sp³-hybridized carbons (Fsp3) is 0.278. The van der Waals surface area contributed by atoms with Crippen LogP contribution in [0.5, 0.6) is 5.88 Å². The number of aromatic nitrogens is 1. The maximum absolute atomic E-state index is 12.4. The first-order chi connectivity index (χ1) is 13.1. The zero-order valence-corrected chi connectivity index (χ0v) is 15.1. The molecule has 0 spiro atoms. The average molecular weight is 396 g/mol. The molecule has 10 heteroatoms. The smallest absolute Gasteiger partial charge is 0.422 e. The Balaban J connectivity index is 2.02. The van der Waals surface area contributed by atoms with Crippen LogP contribution in [0, 0.1) is 0 Å². The van der Waals surface area contributed by atoms with Gasteiger partial charge in [0.1, 0.15) is 5.56 Å². The highest BCUT2D eigenvalue weighted by Gasteiger charge is 2.29. The maximum Gasteiger partial charge on any atom is 0.422 e. The van der Waals surface area contributed by atoms with Crippen LogP contribution in [-0.4, -0.2) is 35.7 Å². The number of alkyl halides is 3. The minimum absolute atomic E-state index is 0.0215. The monoisotopic (exact) mass is 396 g/mol. The van der Waals surface area contributed by atoms with E-state index >= 15 is 0 Å². The van der Waals surface area contributed by atoms with Crippen LogP contribution in [-0.2, 0) is 0 Å². The van der Waals surface area contributed by atoms with Crippen LogP contribution in [0.15, 0.2) is 42.6 Å². The molecular formula is C18H19F3N4O3. The molecule has 3 amide bonds. The number of nitrogens with zero attached hydrogens (tertiary/aromatic N) is 1. The minimum Gasteiger partial charge on any atom is -0.467 e. The lowest BCUT2D eigenvalue weighted by atomic mass is 10.2. The van der Waals surface area contributed by atoms with Crippen LogP contribution in [0.4, 0.5) is 29.3 Å². The maximum atomic E-state index is 12.4. The van der Waals surface area contributed by atoms with E-state index in [0.717, 1.165) is 0 Å². The van der Waals surface area contributed by atoms with Crippen molar-refractivity contribution >= 4 is 23.3 Å². The molecule has 0 aliphatic rings. The van der Waals surface area contributed by atoms with E-state index in [4.69, 9.17) is 0 Å². The predicted molar refractivity (Wildman–Crippen MR) is 97.5 cm³/mol. The van der Waals surface area contributed by atoms with Crippen molar-refractivity contribution in [2.45, 2.75) is 26.1 Å². The first kappa shape index (κ1) is 21.0. The van der Waals surface area contributed by atoms with Crippen LogP contribution in [0.3, 0.4) is 0 Å². The molecule has 2 aromatic rings. The lowest BCUT2D eigenvalue weighted by molar-refractivity contribution is -0.154. The second kappa shape index (κ2) is 9.07. The molecule has 0 aliphatic carbocycles. The predicted octanol–water partition coefficient (Wildman–Crippen LogP) is 3.80. The SMILES string of the molecule is CC(C)NC(=O)Nc1ccc(NC(=O)c2cccnc2OCC(F)(F)F)cc1. The van der Waals surface area contributed by atoms with E-state index in [9.17, 15) is 22.8 Å². The number of carbonyl (C=O) groups excluding carboxylic acids is 2. The van der Waals surface area contributed by atoms with Crippen molar-refractivity contribution in [3.63, 3.8) is 0 Å². The summed E-state index contributed by atoms with van der Waals surface area (Å²) in [5.41, 5.74) is 0.752. The highest BCUT2D eigenvalue weighted by Crippen LogP contribution is 2.21. The van der Waals surface area contributed by atoms with Gasteiger partial charge in [-0.1, -0.05) is 0 Å². The topological polar surface area (TPSA) is 92.4 Å². The largest absolute Gasteiger partial charge is 0.467 e. The molecule has 28 heavy (non-hydrogen) atoms. The van der Waals surface area contributed by atoms with E-state index in [2.05, 4.69) is 25.7 Å². The third-order valence-corrected chi connectivity index (χ3v) is 3.21. The summed E-state index contributed by atoms with van der Waals surface area (Å²) in [7, 11) is 0. The molecule has 0 aliphatic heterocycles. The average Bonchev–Trinajstić information content (AvgIpc) is 2.60. The number of hydrogen-bond acceptors (Lipinski definition) is 4. The molecule has 3 N–H and O–H groups in total. The number of amides is 3. The highest BCUT2D eigenvalue weighted by atomic mass is 19.4. The van der Waals surface area contributed by atoms with Gasteiger partial charge in [-0.3, -0.25) is 4.79 Å². The fourth-order valence-electron chi connectivity index (χ4n) is 2.09. The van der Waals surface area contributed by atoms with E-state index in [-0.39, 0.29) is 17.6 Å². The lowest BCUT2D eigenvalue weighted by Crippen LogP contribution is -2.34. The van der Waals surface area contributed by atoms with Crippen LogP contribution in [0.1, 0.15) is 24.2 Å². The molecule has 0 radical (unpaired) electrons. The fourth-order valence-corrected chi connectivity index (χ4v) is 2.09. The van der Waals surface area contributed by atoms with Crippen molar-refractivity contribution in [3.8, 4) is 5.88 Å². The van der Waals surface area contributed by atoms with Crippen molar-refractivity contribution in [2.75, 3.05) is 17.2 Å². The molecule has 0 unspecified atom stereocenters. The number of ether oxygens (including phenoxy) is 1. The number of rotatable bonds is 6. The summed E-state index contributed by atoms with van der Waals surface area (Å²) in [6.07, 6.45) is -3.32. The van der Waals surface area contributed by atoms with Crippen molar-refractivity contribution in [2.24, 2.45) is 0 Å². The van der Waals surface area contributed by atoms with Crippen LogP contribution < -0.4 is 20.7 Å². The third kappa shape index (κ3) is 6.78. The number of pyridine rings is 1. The number of anilines is 2. The van der Waals surface area contributed by atoms with E-state index in [1.54, 1.807) is 12.1 Å². The zero-order valence-electron chi connectivity index (χ0n) is 15.1. The first-order valence-electron chi connectivity index (χ1n) is 8.27. The molecule has 1 heterocycles. The molecule has 150 valence electrons. The Hall–Kier alpha value is -3.30. The number of benzene rings is 1. The van der Waals surface area contributed by atoms with Gasteiger partial charge < -0.3 is 20.7 Å². The summed E-state index contributed by atoms with van der Waals surface area (Å²) in [4.78, 5) is 27.7. The lowest BCUT2D eigenvalue weighted by Gasteiger charge is -2.13. The summed E-state index contributed by atoms with van der Waals surface area (Å²) < 4.78 is 41.6. The molecule has 1 aromatic carbocycles. The Labute approximate surface area is 159 Å². The van der Waals surface area contributed by atoms with Gasteiger partial charge in [-0.2, -0.15) is 13.2 Å². The van der Waals surface area contributed by atoms with E-state index in [1.807, 2.05) is 13.8 Å². The molecule has 0 saturated heterocycles. The van der Waals surface area contributed by atoms with Gasteiger partial charge in [-0.05, 0) is 50.2 Å². The number of halogens is 3. The van der Waals surface area contributed by atoms with Gasteiger partial charge in [0.25, 0.3) is 5.91 Å². The zero-order chi connectivity index (χ0) is 20.7. The number of nitrogens with one attached hydrogen (secondary N) is 3. The quantitative estimate of drug-likeness (QED) is 0.692. The van der Waals surface area contributed by atoms with Gasteiger partial charge in [-0.15, -0.1) is 0 Å². The summed E-state index contributed by atoms with van der Waals surface area (Å²) in [6.45, 7) is 2.09. The number of carbonyl (C=O) groups is 2. The van der Waals surface area contributed by atoms with Gasteiger partial charge in [0.2, 0.25) is 5.88 Å². The van der Waals surface area contributed by atoms with Gasteiger partial charge >= 0.3 is 12.2 Å². The minimum atomic E-state index is -4.55. The Morgan fingerprint density at radius 1 is 1.07 bits per heavy atom. The van der Waals surface area contributed by atoms with Crippen LogP contribution >= 0.6 is 0 Å². The highest BCUT2D eigenvalue weighted by molar-refractivity contribution is 6.05. The molecule has 0 atom stereocenters. The Morgan fingerprint density at radius 2 is 1.68 bits per heavy atom. The molecular weight excluding hydrogens is 377 g/mol. The molecule has 0 fully saturated rings. The van der Waals surface area contributed by atoms with Gasteiger partial charge in [0, 0.05) is 23.6 Å². The second-order valence-electron chi connectivity index (χ2n) is 6.04. The summed E-state index contributed by atoms with van der Waals surface area (Å²) >= 11 is 0. The van der Waals surface area contributed by atoms with Gasteiger partial charge in [0.15, 0.2) is 6.61 Å². The van der Waals surface area contributed by atoms with Gasteiger partial charge in [0.05, 0.1) is 0 Å². The standard InChI is InChI=1S/C18H19F3N4O3/c1-11(2)23-17(27)25-13-7-5-12(6-8-13)24-15(26)14-4-3-9-22-16(14)28-10-18(19,20)21/h3-9,11H,10H2,1-2H3,(H,24,26)(H2,23,25,27). The Kier molecular flexibility index (Phi) is 6.80. The van der Waals surface area contributed by atoms with E-state index in [1.165, 1.54) is 30.5 Å². The van der Waals surface area contributed by atoms with E-state index in [0.29, 0.717) is 11.4 Å². The van der Waals surface area contributed by atoms with E-state index < -0.39 is 24.6 Å². The summed E-state index contributed by atoms with van der Waals surface area (Å²) in [5.74, 6) is -1.09. The molecule has 0 bridgehead atoms. The third-order valence-electron chi connectivity index (χ3n) is 3.21. The van der Waals surface area contributed by atoms with Crippen molar-refractivity contribution in [3.05, 3.63) is 48.2 Å². The Bertz CT molecular complexity index is 824. The van der Waals surface area contributed by atoms with Crippen LogP contribution in [0.25, 0.3) is 0 Å². The van der Waals surface area contributed by atoms with Gasteiger partial charge in [-0.25, -0.2) is 9.78 Å². The first-order valence-corrected chi connectivity index (χ1v) is 8.27. The summed E-state index contributed by atoms with van der Waals surface area (Å²) in [5, 5.41) is 7.83. The molecule has 1 aromatic heterocycles. The molecule has 0 saturated carbocycles. The second-order valence-corrected chi connectivity index (χ2v) is 6.04. The van der Waals surface area contributed by atoms with Crippen molar-refractivity contribution in [1.29, 1.82) is 0 Å². The molecule has 7 nitrogen and oxygen atoms in total. The summed E-state index contributed by atoms with van der Waals surface area (Å²) in [6, 6.07) is 8.54.